The molecular formula is C17H23N5. The molecule has 116 valence electrons. The lowest BCUT2D eigenvalue weighted by molar-refractivity contribution is 0.425. The second-order valence-corrected chi connectivity index (χ2v) is 5.98. The molecule has 3 rings (SSSR count). The van der Waals surface area contributed by atoms with Crippen LogP contribution in [-0.2, 0) is 0 Å². The summed E-state index contributed by atoms with van der Waals surface area (Å²) in [6.07, 6.45) is 2.46. The highest BCUT2D eigenvalue weighted by molar-refractivity contribution is 5.61. The molecule has 1 aromatic carbocycles. The highest BCUT2D eigenvalue weighted by Crippen LogP contribution is 2.26. The molecule has 5 nitrogen and oxygen atoms in total. The first-order chi connectivity index (χ1) is 10.7. The smallest absolute Gasteiger partial charge is 0.163 e. The number of anilines is 2. The lowest BCUT2D eigenvalue weighted by Gasteiger charge is -2.13. The Bertz CT molecular complexity index is 608. The van der Waals surface area contributed by atoms with Gasteiger partial charge in [0, 0.05) is 30.8 Å². The van der Waals surface area contributed by atoms with Crippen LogP contribution in [0.2, 0.25) is 0 Å². The van der Waals surface area contributed by atoms with Crippen molar-refractivity contribution >= 4 is 11.6 Å². The van der Waals surface area contributed by atoms with Crippen LogP contribution in [0.25, 0.3) is 11.4 Å². The zero-order valence-corrected chi connectivity index (χ0v) is 13.2. The molecule has 1 aliphatic rings. The predicted molar refractivity (Wildman–Crippen MR) is 91.2 cm³/mol. The van der Waals surface area contributed by atoms with Gasteiger partial charge in [0.05, 0.1) is 0 Å². The Labute approximate surface area is 131 Å². The summed E-state index contributed by atoms with van der Waals surface area (Å²) < 4.78 is 0. The van der Waals surface area contributed by atoms with Crippen molar-refractivity contribution in [3.63, 3.8) is 0 Å². The average Bonchev–Trinajstić information content (AvgIpc) is 3.31. The van der Waals surface area contributed by atoms with Crippen molar-refractivity contribution in [3.8, 4) is 11.4 Å². The molecular weight excluding hydrogens is 274 g/mol. The third-order valence-electron chi connectivity index (χ3n) is 3.55. The lowest BCUT2D eigenvalue weighted by Crippen LogP contribution is -2.21. The van der Waals surface area contributed by atoms with Gasteiger partial charge in [-0.1, -0.05) is 30.3 Å². The van der Waals surface area contributed by atoms with E-state index >= 15 is 0 Å². The van der Waals surface area contributed by atoms with Crippen LogP contribution in [0.1, 0.15) is 12.8 Å². The fourth-order valence-electron chi connectivity index (χ4n) is 2.17. The molecule has 1 aromatic heterocycles. The van der Waals surface area contributed by atoms with E-state index in [1.807, 2.05) is 36.4 Å². The second-order valence-electron chi connectivity index (χ2n) is 5.98. The van der Waals surface area contributed by atoms with Crippen LogP contribution in [0, 0.1) is 0 Å². The van der Waals surface area contributed by atoms with Gasteiger partial charge in [-0.15, -0.1) is 0 Å². The monoisotopic (exact) mass is 297 g/mol. The minimum Gasteiger partial charge on any atom is -0.369 e. The number of nitrogens with zero attached hydrogens (tertiary/aromatic N) is 3. The largest absolute Gasteiger partial charge is 0.369 e. The Morgan fingerprint density at radius 2 is 1.82 bits per heavy atom. The van der Waals surface area contributed by atoms with Gasteiger partial charge in [-0.2, -0.15) is 0 Å². The Morgan fingerprint density at radius 1 is 1.09 bits per heavy atom. The molecule has 0 atom stereocenters. The van der Waals surface area contributed by atoms with Crippen LogP contribution >= 0.6 is 0 Å². The third kappa shape index (κ3) is 4.18. The molecule has 2 aromatic rings. The molecule has 22 heavy (non-hydrogen) atoms. The van der Waals surface area contributed by atoms with E-state index in [-0.39, 0.29) is 0 Å². The molecule has 1 fully saturated rings. The maximum atomic E-state index is 4.65. The molecule has 1 saturated carbocycles. The van der Waals surface area contributed by atoms with Crippen molar-refractivity contribution < 1.29 is 0 Å². The van der Waals surface area contributed by atoms with E-state index < -0.39 is 0 Å². The van der Waals surface area contributed by atoms with Crippen molar-refractivity contribution in [2.75, 3.05) is 37.8 Å². The molecule has 2 N–H and O–H groups in total. The van der Waals surface area contributed by atoms with Crippen LogP contribution in [0.5, 0.6) is 0 Å². The number of hydrogen-bond acceptors (Lipinski definition) is 5. The molecule has 5 heteroatoms. The van der Waals surface area contributed by atoms with Crippen LogP contribution in [0.3, 0.4) is 0 Å². The van der Waals surface area contributed by atoms with Gasteiger partial charge in [0.1, 0.15) is 11.6 Å². The van der Waals surface area contributed by atoms with Crippen molar-refractivity contribution in [1.29, 1.82) is 0 Å². The number of benzene rings is 1. The van der Waals surface area contributed by atoms with Gasteiger partial charge in [0.2, 0.25) is 0 Å². The number of rotatable bonds is 7. The molecule has 0 radical (unpaired) electrons. The molecule has 0 bridgehead atoms. The van der Waals surface area contributed by atoms with Gasteiger partial charge in [-0.05, 0) is 26.9 Å². The molecule has 0 amide bonds. The standard InChI is InChI=1S/C17H23N5/c1-22(2)11-10-18-15-12-16(19-14-8-9-14)21-17(20-15)13-6-4-3-5-7-13/h3-7,12,14H,8-11H2,1-2H3,(H2,18,19,20,21). The minimum atomic E-state index is 0.577. The first-order valence-corrected chi connectivity index (χ1v) is 7.80. The Hall–Kier alpha value is -2.14. The molecule has 1 aliphatic carbocycles. The van der Waals surface area contributed by atoms with E-state index in [9.17, 15) is 0 Å². The van der Waals surface area contributed by atoms with E-state index in [1.54, 1.807) is 0 Å². The van der Waals surface area contributed by atoms with Crippen LogP contribution in [-0.4, -0.2) is 48.1 Å². The van der Waals surface area contributed by atoms with Gasteiger partial charge in [0.15, 0.2) is 5.82 Å². The van der Waals surface area contributed by atoms with Gasteiger partial charge < -0.3 is 15.5 Å². The van der Waals surface area contributed by atoms with Crippen molar-refractivity contribution in [1.82, 2.24) is 14.9 Å². The zero-order chi connectivity index (χ0) is 15.4. The fraction of sp³-hybridized carbons (Fsp3) is 0.412. The quantitative estimate of drug-likeness (QED) is 0.823. The number of likely N-dealkylation sites (N-methyl/N-ethyl adjacent to an activating group) is 1. The van der Waals surface area contributed by atoms with E-state index in [0.717, 1.165) is 36.1 Å². The van der Waals surface area contributed by atoms with E-state index in [0.29, 0.717) is 6.04 Å². The van der Waals surface area contributed by atoms with E-state index in [1.165, 1.54) is 12.8 Å². The van der Waals surface area contributed by atoms with Gasteiger partial charge >= 0.3 is 0 Å². The average molecular weight is 297 g/mol. The summed E-state index contributed by atoms with van der Waals surface area (Å²) in [4.78, 5) is 11.5. The molecule has 0 saturated heterocycles. The Balaban J connectivity index is 1.81. The van der Waals surface area contributed by atoms with Crippen molar-refractivity contribution in [2.24, 2.45) is 0 Å². The minimum absolute atomic E-state index is 0.577. The summed E-state index contributed by atoms with van der Waals surface area (Å²) in [7, 11) is 4.13. The Kier molecular flexibility index (Phi) is 4.53. The normalized spacial score (nSPS) is 14.1. The molecule has 0 aliphatic heterocycles. The summed E-state index contributed by atoms with van der Waals surface area (Å²) >= 11 is 0. The summed E-state index contributed by atoms with van der Waals surface area (Å²) in [5.41, 5.74) is 1.04. The fourth-order valence-corrected chi connectivity index (χ4v) is 2.17. The third-order valence-corrected chi connectivity index (χ3v) is 3.55. The number of aromatic nitrogens is 2. The molecule has 1 heterocycles. The summed E-state index contributed by atoms with van der Waals surface area (Å²) in [6, 6.07) is 12.7. The summed E-state index contributed by atoms with van der Waals surface area (Å²) in [6.45, 7) is 1.83. The predicted octanol–water partition coefficient (Wildman–Crippen LogP) is 2.69. The number of nitrogens with one attached hydrogen (secondary N) is 2. The van der Waals surface area contributed by atoms with Gasteiger partial charge in [-0.3, -0.25) is 0 Å². The SMILES string of the molecule is CN(C)CCNc1cc(NC2CC2)nc(-c2ccccc2)n1. The van der Waals surface area contributed by atoms with E-state index in [4.69, 9.17) is 0 Å². The molecule has 0 spiro atoms. The topological polar surface area (TPSA) is 53.1 Å². The second kappa shape index (κ2) is 6.75. The first-order valence-electron chi connectivity index (χ1n) is 7.80. The Morgan fingerprint density at radius 3 is 2.50 bits per heavy atom. The number of hydrogen-bond donors (Lipinski definition) is 2. The van der Waals surface area contributed by atoms with Crippen LogP contribution in [0.15, 0.2) is 36.4 Å². The maximum absolute atomic E-state index is 4.65. The van der Waals surface area contributed by atoms with E-state index in [2.05, 4.69) is 39.6 Å². The van der Waals surface area contributed by atoms with Gasteiger partial charge in [-0.25, -0.2) is 9.97 Å². The summed E-state index contributed by atoms with van der Waals surface area (Å²) in [5, 5.41) is 6.85. The summed E-state index contributed by atoms with van der Waals surface area (Å²) in [5.74, 6) is 2.54. The molecule has 0 unspecified atom stereocenters. The van der Waals surface area contributed by atoms with Crippen LogP contribution < -0.4 is 10.6 Å². The highest BCUT2D eigenvalue weighted by atomic mass is 15.1. The lowest BCUT2D eigenvalue weighted by atomic mass is 10.2. The first kappa shape index (κ1) is 14.8. The zero-order valence-electron chi connectivity index (χ0n) is 13.2. The van der Waals surface area contributed by atoms with Crippen molar-refractivity contribution in [3.05, 3.63) is 36.4 Å². The van der Waals surface area contributed by atoms with Crippen molar-refractivity contribution in [2.45, 2.75) is 18.9 Å². The highest BCUT2D eigenvalue weighted by Gasteiger charge is 2.22. The van der Waals surface area contributed by atoms with Crippen LogP contribution in [0.4, 0.5) is 11.6 Å². The van der Waals surface area contributed by atoms with Gasteiger partial charge in [0.25, 0.3) is 0 Å². The maximum Gasteiger partial charge on any atom is 0.163 e.